The highest BCUT2D eigenvalue weighted by atomic mass is 35.5. The van der Waals surface area contributed by atoms with Crippen LogP contribution in [-0.2, 0) is 4.74 Å². The summed E-state index contributed by atoms with van der Waals surface area (Å²) in [6.07, 6.45) is 1.65. The summed E-state index contributed by atoms with van der Waals surface area (Å²) >= 11 is 5.83. The Morgan fingerprint density at radius 1 is 1.50 bits per heavy atom. The lowest BCUT2D eigenvalue weighted by molar-refractivity contribution is 0.0468. The average molecular weight is 241 g/mol. The van der Waals surface area contributed by atoms with Crippen LogP contribution in [0.15, 0.2) is 24.3 Å². The molecule has 1 rings (SSSR count). The van der Waals surface area contributed by atoms with Crippen LogP contribution in [-0.4, -0.2) is 18.5 Å². The number of rotatable bonds is 6. The van der Waals surface area contributed by atoms with Crippen LogP contribution in [0.25, 0.3) is 0 Å². The number of unbranched alkanes of at least 4 members (excludes halogenated alkanes) is 1. The molecule has 2 nitrogen and oxygen atoms in total. The fraction of sp³-hybridized carbons (Fsp3) is 0.462. The lowest BCUT2D eigenvalue weighted by Crippen LogP contribution is -2.21. The average Bonchev–Trinajstić information content (AvgIpc) is 2.28. The van der Waals surface area contributed by atoms with Crippen molar-refractivity contribution < 1.29 is 9.53 Å². The summed E-state index contributed by atoms with van der Waals surface area (Å²) in [4.78, 5) is 11.9. The Balaban J connectivity index is 2.56. The molecule has 0 fully saturated rings. The van der Waals surface area contributed by atoms with Gasteiger partial charge in [-0.05, 0) is 25.5 Å². The summed E-state index contributed by atoms with van der Waals surface area (Å²) in [7, 11) is 0. The van der Waals surface area contributed by atoms with Gasteiger partial charge in [0.1, 0.15) is 6.10 Å². The molecule has 0 aliphatic rings. The normalized spacial score (nSPS) is 12.4. The second-order valence-electron chi connectivity index (χ2n) is 3.74. The van der Waals surface area contributed by atoms with Gasteiger partial charge >= 0.3 is 0 Å². The van der Waals surface area contributed by atoms with Crippen LogP contribution in [0.1, 0.15) is 37.0 Å². The van der Waals surface area contributed by atoms with Crippen LogP contribution in [0.4, 0.5) is 0 Å². The SMILES string of the molecule is CCCCOC(C)C(=O)c1cccc(Cl)c1. The van der Waals surface area contributed by atoms with E-state index in [2.05, 4.69) is 6.92 Å². The number of carbonyl (C=O) groups excluding carboxylic acids is 1. The van der Waals surface area contributed by atoms with Crippen molar-refractivity contribution >= 4 is 17.4 Å². The third-order valence-corrected chi connectivity index (χ3v) is 2.58. The molecule has 0 heterocycles. The molecule has 1 aromatic carbocycles. The number of hydrogen-bond donors (Lipinski definition) is 0. The molecule has 0 N–H and O–H groups in total. The molecule has 0 radical (unpaired) electrons. The van der Waals surface area contributed by atoms with E-state index < -0.39 is 6.10 Å². The van der Waals surface area contributed by atoms with Crippen LogP contribution in [0.3, 0.4) is 0 Å². The van der Waals surface area contributed by atoms with Crippen LogP contribution < -0.4 is 0 Å². The summed E-state index contributed by atoms with van der Waals surface area (Å²) in [5, 5.41) is 0.576. The van der Waals surface area contributed by atoms with Gasteiger partial charge in [-0.1, -0.05) is 37.1 Å². The smallest absolute Gasteiger partial charge is 0.191 e. The predicted octanol–water partition coefficient (Wildman–Crippen LogP) is 3.73. The maximum absolute atomic E-state index is 11.9. The van der Waals surface area contributed by atoms with Gasteiger partial charge in [-0.25, -0.2) is 0 Å². The molecule has 0 spiro atoms. The van der Waals surface area contributed by atoms with Gasteiger partial charge in [0, 0.05) is 17.2 Å². The van der Waals surface area contributed by atoms with Gasteiger partial charge in [-0.2, -0.15) is 0 Å². The lowest BCUT2D eigenvalue weighted by Gasteiger charge is -2.11. The maximum atomic E-state index is 11.9. The number of hydrogen-bond acceptors (Lipinski definition) is 2. The van der Waals surface area contributed by atoms with Crippen molar-refractivity contribution in [1.82, 2.24) is 0 Å². The Hall–Kier alpha value is -0.860. The maximum Gasteiger partial charge on any atom is 0.191 e. The van der Waals surface area contributed by atoms with Crippen molar-refractivity contribution in [3.63, 3.8) is 0 Å². The Labute approximate surface area is 102 Å². The molecular weight excluding hydrogens is 224 g/mol. The molecule has 3 heteroatoms. The minimum Gasteiger partial charge on any atom is -0.370 e. The van der Waals surface area contributed by atoms with Crippen molar-refractivity contribution in [2.75, 3.05) is 6.61 Å². The Morgan fingerprint density at radius 3 is 2.88 bits per heavy atom. The number of halogens is 1. The molecular formula is C13H17ClO2. The van der Waals surface area contributed by atoms with E-state index in [4.69, 9.17) is 16.3 Å². The lowest BCUT2D eigenvalue weighted by atomic mass is 10.1. The first-order valence-electron chi connectivity index (χ1n) is 5.56. The van der Waals surface area contributed by atoms with Crippen molar-refractivity contribution in [2.45, 2.75) is 32.8 Å². The molecule has 0 bridgehead atoms. The van der Waals surface area contributed by atoms with Crippen molar-refractivity contribution in [2.24, 2.45) is 0 Å². The van der Waals surface area contributed by atoms with Crippen LogP contribution in [0, 0.1) is 0 Å². The van der Waals surface area contributed by atoms with E-state index in [0.29, 0.717) is 17.2 Å². The van der Waals surface area contributed by atoms with E-state index >= 15 is 0 Å². The zero-order chi connectivity index (χ0) is 12.0. The van der Waals surface area contributed by atoms with E-state index in [1.54, 1.807) is 31.2 Å². The van der Waals surface area contributed by atoms with Crippen LogP contribution in [0.5, 0.6) is 0 Å². The van der Waals surface area contributed by atoms with Gasteiger partial charge in [0.2, 0.25) is 0 Å². The van der Waals surface area contributed by atoms with E-state index in [0.717, 1.165) is 12.8 Å². The number of carbonyl (C=O) groups is 1. The predicted molar refractivity (Wildman–Crippen MR) is 66.1 cm³/mol. The van der Waals surface area contributed by atoms with Crippen LogP contribution in [0.2, 0.25) is 5.02 Å². The molecule has 1 unspecified atom stereocenters. The Kier molecular flexibility index (Phi) is 5.50. The Bertz CT molecular complexity index is 350. The fourth-order valence-corrected chi connectivity index (χ4v) is 1.55. The molecule has 0 aromatic heterocycles. The van der Waals surface area contributed by atoms with E-state index in [9.17, 15) is 4.79 Å². The standard InChI is InChI=1S/C13H17ClO2/c1-3-4-8-16-10(2)13(15)11-6-5-7-12(14)9-11/h5-7,9-10H,3-4,8H2,1-2H3. The minimum atomic E-state index is -0.398. The highest BCUT2D eigenvalue weighted by Crippen LogP contribution is 2.13. The van der Waals surface area contributed by atoms with Crippen LogP contribution >= 0.6 is 11.6 Å². The molecule has 88 valence electrons. The quantitative estimate of drug-likeness (QED) is 0.560. The first-order chi connectivity index (χ1) is 7.65. The minimum absolute atomic E-state index is 0.0152. The molecule has 0 saturated carbocycles. The third-order valence-electron chi connectivity index (χ3n) is 2.34. The molecule has 0 aliphatic heterocycles. The molecule has 16 heavy (non-hydrogen) atoms. The first kappa shape index (κ1) is 13.2. The molecule has 0 saturated heterocycles. The number of Topliss-reactive ketones (excluding diaryl/α,β-unsaturated/α-hetero) is 1. The number of ether oxygens (including phenoxy) is 1. The summed E-state index contributed by atoms with van der Waals surface area (Å²) in [6.45, 7) is 4.50. The summed E-state index contributed by atoms with van der Waals surface area (Å²) in [5.41, 5.74) is 0.608. The van der Waals surface area contributed by atoms with Crippen molar-refractivity contribution in [3.8, 4) is 0 Å². The fourth-order valence-electron chi connectivity index (χ4n) is 1.36. The van der Waals surface area contributed by atoms with E-state index in [-0.39, 0.29) is 5.78 Å². The second kappa shape index (κ2) is 6.66. The van der Waals surface area contributed by atoms with Crippen molar-refractivity contribution in [3.05, 3.63) is 34.9 Å². The highest BCUT2D eigenvalue weighted by molar-refractivity contribution is 6.31. The first-order valence-corrected chi connectivity index (χ1v) is 5.94. The molecule has 1 atom stereocenters. The monoisotopic (exact) mass is 240 g/mol. The van der Waals surface area contributed by atoms with Gasteiger partial charge in [-0.3, -0.25) is 4.79 Å². The zero-order valence-electron chi connectivity index (χ0n) is 9.70. The molecule has 0 aliphatic carbocycles. The van der Waals surface area contributed by atoms with E-state index in [1.807, 2.05) is 0 Å². The zero-order valence-corrected chi connectivity index (χ0v) is 10.5. The number of ketones is 1. The van der Waals surface area contributed by atoms with Gasteiger partial charge in [-0.15, -0.1) is 0 Å². The highest BCUT2D eigenvalue weighted by Gasteiger charge is 2.15. The largest absolute Gasteiger partial charge is 0.370 e. The summed E-state index contributed by atoms with van der Waals surface area (Å²) < 4.78 is 5.45. The number of benzene rings is 1. The topological polar surface area (TPSA) is 26.3 Å². The van der Waals surface area contributed by atoms with Gasteiger partial charge < -0.3 is 4.74 Å². The summed E-state index contributed by atoms with van der Waals surface area (Å²) in [5.74, 6) is -0.0152. The molecule has 0 amide bonds. The Morgan fingerprint density at radius 2 is 2.25 bits per heavy atom. The third kappa shape index (κ3) is 3.95. The molecule has 1 aromatic rings. The second-order valence-corrected chi connectivity index (χ2v) is 4.18. The van der Waals surface area contributed by atoms with Gasteiger partial charge in [0.15, 0.2) is 5.78 Å². The van der Waals surface area contributed by atoms with Gasteiger partial charge in [0.05, 0.1) is 0 Å². The van der Waals surface area contributed by atoms with Crippen molar-refractivity contribution in [1.29, 1.82) is 0 Å². The van der Waals surface area contributed by atoms with E-state index in [1.165, 1.54) is 0 Å². The summed E-state index contributed by atoms with van der Waals surface area (Å²) in [6, 6.07) is 6.95. The van der Waals surface area contributed by atoms with Gasteiger partial charge in [0.25, 0.3) is 0 Å².